The average Bonchev–Trinajstić information content (AvgIpc) is 2.46. The van der Waals surface area contributed by atoms with Gasteiger partial charge in [0.05, 0.1) is 28.2 Å². The summed E-state index contributed by atoms with van der Waals surface area (Å²) in [6.07, 6.45) is 4.38. The molecule has 1 fully saturated rings. The third-order valence-corrected chi connectivity index (χ3v) is 4.95. The van der Waals surface area contributed by atoms with E-state index in [0.29, 0.717) is 23.9 Å². The van der Waals surface area contributed by atoms with E-state index in [1.54, 1.807) is 4.90 Å². The zero-order valence-electron chi connectivity index (χ0n) is 13.6. The summed E-state index contributed by atoms with van der Waals surface area (Å²) < 4.78 is 17.7. The van der Waals surface area contributed by atoms with E-state index in [-0.39, 0.29) is 17.2 Å². The fourth-order valence-electron chi connectivity index (χ4n) is 2.40. The summed E-state index contributed by atoms with van der Waals surface area (Å²) in [5.41, 5.74) is -0.510. The van der Waals surface area contributed by atoms with Crippen molar-refractivity contribution in [2.75, 3.05) is 18.8 Å². The molecule has 128 valence electrons. The van der Waals surface area contributed by atoms with Gasteiger partial charge in [0.1, 0.15) is 5.60 Å². The van der Waals surface area contributed by atoms with E-state index in [1.807, 2.05) is 20.8 Å². The first-order valence-corrected chi connectivity index (χ1v) is 9.28. The average molecular weight is 360 g/mol. The van der Waals surface area contributed by atoms with Crippen LogP contribution in [0.15, 0.2) is 17.6 Å². The van der Waals surface area contributed by atoms with Gasteiger partial charge in [-0.05, 0) is 39.5 Å². The Morgan fingerprint density at radius 3 is 2.70 bits per heavy atom. The molecule has 2 heterocycles. The summed E-state index contributed by atoms with van der Waals surface area (Å²) in [5.74, 6) is 0.581. The minimum Gasteiger partial charge on any atom is -0.444 e. The number of amides is 1. The highest BCUT2D eigenvalue weighted by Crippen LogP contribution is 2.21. The first-order valence-electron chi connectivity index (χ1n) is 7.58. The van der Waals surface area contributed by atoms with Crippen LogP contribution in [-0.2, 0) is 15.5 Å². The molecular weight excluding hydrogens is 338 g/mol. The minimum absolute atomic E-state index is 0.149. The molecule has 0 radical (unpaired) electrons. The number of piperidine rings is 1. The van der Waals surface area contributed by atoms with Crippen LogP contribution in [0.3, 0.4) is 0 Å². The van der Waals surface area contributed by atoms with Crippen LogP contribution in [0, 0.1) is 5.92 Å². The normalized spacial score (nSPS) is 20.2. The van der Waals surface area contributed by atoms with Crippen molar-refractivity contribution in [1.29, 1.82) is 0 Å². The molecular formula is C15H22ClN3O3S. The van der Waals surface area contributed by atoms with E-state index in [1.165, 1.54) is 12.4 Å². The molecule has 1 aliphatic rings. The van der Waals surface area contributed by atoms with Crippen LogP contribution >= 0.6 is 11.6 Å². The summed E-state index contributed by atoms with van der Waals surface area (Å²) in [7, 11) is -1.30. The maximum atomic E-state index is 12.3. The van der Waals surface area contributed by atoms with Gasteiger partial charge in [-0.3, -0.25) is 4.21 Å². The van der Waals surface area contributed by atoms with Crippen LogP contribution in [0.2, 0.25) is 5.02 Å². The monoisotopic (exact) mass is 359 g/mol. The second-order valence-electron chi connectivity index (χ2n) is 6.63. The number of halogens is 1. The third-order valence-electron chi connectivity index (χ3n) is 3.36. The predicted molar refractivity (Wildman–Crippen MR) is 88.8 cm³/mol. The molecule has 0 aromatic carbocycles. The second kappa shape index (κ2) is 7.57. The number of hydrogen-bond acceptors (Lipinski definition) is 5. The molecule has 6 nitrogen and oxygen atoms in total. The molecule has 1 amide bonds. The van der Waals surface area contributed by atoms with Gasteiger partial charge in [0.25, 0.3) is 0 Å². The molecule has 2 rings (SSSR count). The Hall–Kier alpha value is -1.21. The van der Waals surface area contributed by atoms with Crippen LogP contribution < -0.4 is 0 Å². The Kier molecular flexibility index (Phi) is 5.97. The van der Waals surface area contributed by atoms with Gasteiger partial charge in [0.2, 0.25) is 5.16 Å². The number of nitrogens with zero attached hydrogens (tertiary/aromatic N) is 3. The highest BCUT2D eigenvalue weighted by atomic mass is 35.5. The Balaban J connectivity index is 1.92. The lowest BCUT2D eigenvalue weighted by Crippen LogP contribution is -2.44. The van der Waals surface area contributed by atoms with E-state index in [9.17, 15) is 9.00 Å². The first kappa shape index (κ1) is 18.1. The number of rotatable bonds is 3. The maximum Gasteiger partial charge on any atom is 0.410 e. The number of carbonyl (C=O) groups excluding carboxylic acids is 1. The zero-order valence-corrected chi connectivity index (χ0v) is 15.2. The quantitative estimate of drug-likeness (QED) is 0.776. The SMILES string of the molecule is CC(C)(C)OC(=O)N1CCC[C@H](C[S@@](=O)c2ncc(Cl)cn2)C1. The second-order valence-corrected chi connectivity index (χ2v) is 8.46. The summed E-state index contributed by atoms with van der Waals surface area (Å²) >= 11 is 5.73. The van der Waals surface area contributed by atoms with Gasteiger partial charge in [-0.2, -0.15) is 0 Å². The fraction of sp³-hybridized carbons (Fsp3) is 0.667. The van der Waals surface area contributed by atoms with Gasteiger partial charge in [-0.15, -0.1) is 0 Å². The highest BCUT2D eigenvalue weighted by Gasteiger charge is 2.29. The maximum absolute atomic E-state index is 12.3. The Bertz CT molecular complexity index is 574. The van der Waals surface area contributed by atoms with Crippen LogP contribution in [-0.4, -0.2) is 49.6 Å². The van der Waals surface area contributed by atoms with Crippen LogP contribution in [0.4, 0.5) is 4.79 Å². The van der Waals surface area contributed by atoms with Crippen molar-refractivity contribution in [3.05, 3.63) is 17.4 Å². The summed E-state index contributed by atoms with van der Waals surface area (Å²) in [6.45, 7) is 6.77. The molecule has 23 heavy (non-hydrogen) atoms. The summed E-state index contributed by atoms with van der Waals surface area (Å²) in [4.78, 5) is 21.8. The van der Waals surface area contributed by atoms with Gasteiger partial charge in [-0.25, -0.2) is 14.8 Å². The Morgan fingerprint density at radius 1 is 1.43 bits per heavy atom. The van der Waals surface area contributed by atoms with E-state index < -0.39 is 16.4 Å². The first-order chi connectivity index (χ1) is 10.7. The lowest BCUT2D eigenvalue weighted by Gasteiger charge is -2.33. The highest BCUT2D eigenvalue weighted by molar-refractivity contribution is 7.84. The lowest BCUT2D eigenvalue weighted by molar-refractivity contribution is 0.0176. The topological polar surface area (TPSA) is 72.4 Å². The Labute approximate surface area is 144 Å². The van der Waals surface area contributed by atoms with E-state index >= 15 is 0 Å². The van der Waals surface area contributed by atoms with Crippen LogP contribution in [0.25, 0.3) is 0 Å². The van der Waals surface area contributed by atoms with Crippen molar-refractivity contribution in [3.63, 3.8) is 0 Å². The number of ether oxygens (including phenoxy) is 1. The van der Waals surface area contributed by atoms with Crippen LogP contribution in [0.5, 0.6) is 0 Å². The van der Waals surface area contributed by atoms with Gasteiger partial charge < -0.3 is 9.64 Å². The fourth-order valence-corrected chi connectivity index (χ4v) is 3.69. The largest absolute Gasteiger partial charge is 0.444 e. The predicted octanol–water partition coefficient (Wildman–Crippen LogP) is 2.88. The Morgan fingerprint density at radius 2 is 2.09 bits per heavy atom. The van der Waals surface area contributed by atoms with Crippen molar-refractivity contribution in [3.8, 4) is 0 Å². The molecule has 2 atom stereocenters. The molecule has 0 unspecified atom stereocenters. The van der Waals surface area contributed by atoms with Crippen molar-refractivity contribution in [1.82, 2.24) is 14.9 Å². The van der Waals surface area contributed by atoms with Crippen molar-refractivity contribution in [2.45, 2.75) is 44.4 Å². The molecule has 1 saturated heterocycles. The smallest absolute Gasteiger partial charge is 0.410 e. The van der Waals surface area contributed by atoms with E-state index in [0.717, 1.165) is 12.8 Å². The molecule has 0 spiro atoms. The van der Waals surface area contributed by atoms with Gasteiger partial charge in [0.15, 0.2) is 0 Å². The van der Waals surface area contributed by atoms with E-state index in [2.05, 4.69) is 9.97 Å². The lowest BCUT2D eigenvalue weighted by atomic mass is 10.0. The van der Waals surface area contributed by atoms with Gasteiger partial charge in [0, 0.05) is 18.8 Å². The molecule has 1 aromatic rings. The molecule has 1 aliphatic heterocycles. The number of aromatic nitrogens is 2. The minimum atomic E-state index is -1.30. The molecule has 0 aliphatic carbocycles. The number of likely N-dealkylation sites (tertiary alicyclic amines) is 1. The number of carbonyl (C=O) groups is 1. The van der Waals surface area contributed by atoms with Gasteiger partial charge >= 0.3 is 6.09 Å². The standard InChI is InChI=1S/C15H22ClN3O3S/c1-15(2,3)22-14(20)19-6-4-5-11(9-19)10-23(21)13-17-7-12(16)8-18-13/h7-8,11H,4-6,9-10H2,1-3H3/t11-,23+/m0/s1. The molecule has 0 N–H and O–H groups in total. The number of hydrogen-bond donors (Lipinski definition) is 0. The van der Waals surface area contributed by atoms with Crippen molar-refractivity contribution in [2.24, 2.45) is 5.92 Å². The third kappa shape index (κ3) is 5.73. The van der Waals surface area contributed by atoms with Crippen molar-refractivity contribution >= 4 is 28.5 Å². The van der Waals surface area contributed by atoms with Crippen LogP contribution in [0.1, 0.15) is 33.6 Å². The molecule has 8 heteroatoms. The zero-order chi connectivity index (χ0) is 17.0. The summed E-state index contributed by atoms with van der Waals surface area (Å²) in [6, 6.07) is 0. The van der Waals surface area contributed by atoms with E-state index in [4.69, 9.17) is 16.3 Å². The molecule has 1 aromatic heterocycles. The van der Waals surface area contributed by atoms with Crippen molar-refractivity contribution < 1.29 is 13.7 Å². The molecule has 0 saturated carbocycles. The molecule has 0 bridgehead atoms. The van der Waals surface area contributed by atoms with Gasteiger partial charge in [-0.1, -0.05) is 11.6 Å². The summed E-state index contributed by atoms with van der Waals surface area (Å²) in [5, 5.41) is 0.698.